The van der Waals surface area contributed by atoms with Crippen molar-refractivity contribution in [2.24, 2.45) is 0 Å². The molecule has 1 rings (SSSR count). The first-order chi connectivity index (χ1) is 7.13. The standard InChI is InChI=1S/C11H14ClNO2/c1-9(14)15-11-5-3-10(4-6-11)13(2)8-7-12/h3-6H,7-8H2,1-2H3. The van der Waals surface area contributed by atoms with E-state index in [9.17, 15) is 4.79 Å². The van der Waals surface area contributed by atoms with Crippen molar-refractivity contribution in [2.75, 3.05) is 24.4 Å². The molecule has 15 heavy (non-hydrogen) atoms. The molecule has 0 N–H and O–H groups in total. The Kier molecular flexibility index (Phi) is 4.43. The molecule has 0 saturated carbocycles. The zero-order valence-corrected chi connectivity index (χ0v) is 9.62. The van der Waals surface area contributed by atoms with Gasteiger partial charge in [0.15, 0.2) is 0 Å². The van der Waals surface area contributed by atoms with Gasteiger partial charge in [-0.2, -0.15) is 0 Å². The maximum absolute atomic E-state index is 10.7. The fraction of sp³-hybridized carbons (Fsp3) is 0.364. The summed E-state index contributed by atoms with van der Waals surface area (Å²) < 4.78 is 4.93. The molecule has 0 fully saturated rings. The van der Waals surface area contributed by atoms with Gasteiger partial charge in [0.2, 0.25) is 0 Å². The number of anilines is 1. The Morgan fingerprint density at radius 3 is 2.47 bits per heavy atom. The smallest absolute Gasteiger partial charge is 0.308 e. The highest BCUT2D eigenvalue weighted by atomic mass is 35.5. The van der Waals surface area contributed by atoms with Crippen LogP contribution in [-0.4, -0.2) is 25.4 Å². The molecule has 0 atom stereocenters. The largest absolute Gasteiger partial charge is 0.427 e. The minimum absolute atomic E-state index is 0.308. The second-order valence-corrected chi connectivity index (χ2v) is 3.58. The molecule has 0 spiro atoms. The van der Waals surface area contributed by atoms with Crippen molar-refractivity contribution >= 4 is 23.3 Å². The minimum atomic E-state index is -0.308. The number of benzene rings is 1. The number of rotatable bonds is 4. The Morgan fingerprint density at radius 2 is 2.00 bits per heavy atom. The van der Waals surface area contributed by atoms with E-state index < -0.39 is 0 Å². The first-order valence-electron chi connectivity index (χ1n) is 4.69. The summed E-state index contributed by atoms with van der Waals surface area (Å²) in [6.07, 6.45) is 0. The number of hydrogen-bond acceptors (Lipinski definition) is 3. The summed E-state index contributed by atoms with van der Waals surface area (Å²) in [5, 5.41) is 0. The summed E-state index contributed by atoms with van der Waals surface area (Å²) in [6, 6.07) is 7.32. The van der Waals surface area contributed by atoms with Gasteiger partial charge in [-0.05, 0) is 24.3 Å². The minimum Gasteiger partial charge on any atom is -0.427 e. The van der Waals surface area contributed by atoms with Crippen LogP contribution in [0, 0.1) is 0 Å². The van der Waals surface area contributed by atoms with Gasteiger partial charge in [0.25, 0.3) is 0 Å². The molecular formula is C11H14ClNO2. The average molecular weight is 228 g/mol. The topological polar surface area (TPSA) is 29.5 Å². The Balaban J connectivity index is 2.67. The van der Waals surface area contributed by atoms with Gasteiger partial charge in [-0.25, -0.2) is 0 Å². The van der Waals surface area contributed by atoms with Crippen molar-refractivity contribution in [3.63, 3.8) is 0 Å². The van der Waals surface area contributed by atoms with E-state index in [1.165, 1.54) is 6.92 Å². The molecule has 0 aliphatic rings. The molecule has 1 aromatic rings. The summed E-state index contributed by atoms with van der Waals surface area (Å²) in [4.78, 5) is 12.7. The van der Waals surface area contributed by atoms with Crippen molar-refractivity contribution < 1.29 is 9.53 Å². The molecular weight excluding hydrogens is 214 g/mol. The van der Waals surface area contributed by atoms with Crippen LogP contribution < -0.4 is 9.64 Å². The van der Waals surface area contributed by atoms with E-state index in [0.29, 0.717) is 11.6 Å². The van der Waals surface area contributed by atoms with Gasteiger partial charge in [-0.1, -0.05) is 0 Å². The molecule has 0 amide bonds. The predicted octanol–water partition coefficient (Wildman–Crippen LogP) is 2.29. The molecule has 0 aliphatic carbocycles. The van der Waals surface area contributed by atoms with Crippen molar-refractivity contribution in [1.29, 1.82) is 0 Å². The van der Waals surface area contributed by atoms with E-state index in [1.807, 2.05) is 24.1 Å². The molecule has 0 aromatic heterocycles. The monoisotopic (exact) mass is 227 g/mol. The quantitative estimate of drug-likeness (QED) is 0.449. The maximum Gasteiger partial charge on any atom is 0.308 e. The fourth-order valence-electron chi connectivity index (χ4n) is 1.19. The van der Waals surface area contributed by atoms with Crippen molar-refractivity contribution in [3.05, 3.63) is 24.3 Å². The molecule has 1 aromatic carbocycles. The molecule has 0 heterocycles. The lowest BCUT2D eigenvalue weighted by atomic mass is 10.3. The molecule has 3 nitrogen and oxygen atoms in total. The third-order valence-electron chi connectivity index (χ3n) is 1.96. The molecule has 0 unspecified atom stereocenters. The summed E-state index contributed by atoms with van der Waals surface area (Å²) in [6.45, 7) is 2.17. The van der Waals surface area contributed by atoms with E-state index in [1.54, 1.807) is 12.1 Å². The Bertz CT molecular complexity index is 324. The van der Waals surface area contributed by atoms with Crippen molar-refractivity contribution in [1.82, 2.24) is 0 Å². The van der Waals surface area contributed by atoms with E-state index in [4.69, 9.17) is 16.3 Å². The molecule has 0 bridgehead atoms. The van der Waals surface area contributed by atoms with Gasteiger partial charge >= 0.3 is 5.97 Å². The number of ether oxygens (including phenoxy) is 1. The van der Waals surface area contributed by atoms with Gasteiger partial charge in [0.1, 0.15) is 5.75 Å². The van der Waals surface area contributed by atoms with Gasteiger partial charge in [-0.3, -0.25) is 4.79 Å². The molecule has 0 saturated heterocycles. The van der Waals surface area contributed by atoms with Crippen LogP contribution in [0.4, 0.5) is 5.69 Å². The van der Waals surface area contributed by atoms with E-state index >= 15 is 0 Å². The van der Waals surface area contributed by atoms with Gasteiger partial charge < -0.3 is 9.64 Å². The third kappa shape index (κ3) is 3.80. The number of carbonyl (C=O) groups is 1. The molecule has 4 heteroatoms. The van der Waals surface area contributed by atoms with E-state index in [0.717, 1.165) is 12.2 Å². The Morgan fingerprint density at radius 1 is 1.40 bits per heavy atom. The highest BCUT2D eigenvalue weighted by Crippen LogP contribution is 2.18. The second-order valence-electron chi connectivity index (χ2n) is 3.20. The van der Waals surface area contributed by atoms with Crippen LogP contribution in [0.2, 0.25) is 0 Å². The lowest BCUT2D eigenvalue weighted by Gasteiger charge is -2.17. The van der Waals surface area contributed by atoms with Crippen LogP contribution in [0.5, 0.6) is 5.75 Å². The van der Waals surface area contributed by atoms with Crippen molar-refractivity contribution in [3.8, 4) is 5.75 Å². The highest BCUT2D eigenvalue weighted by Gasteiger charge is 2.01. The highest BCUT2D eigenvalue weighted by molar-refractivity contribution is 6.18. The van der Waals surface area contributed by atoms with Gasteiger partial charge in [0.05, 0.1) is 0 Å². The van der Waals surface area contributed by atoms with Crippen LogP contribution in [-0.2, 0) is 4.79 Å². The Labute approximate surface area is 94.6 Å². The maximum atomic E-state index is 10.7. The van der Waals surface area contributed by atoms with Crippen LogP contribution in [0.1, 0.15) is 6.92 Å². The number of esters is 1. The summed E-state index contributed by atoms with van der Waals surface area (Å²) >= 11 is 5.64. The lowest BCUT2D eigenvalue weighted by Crippen LogP contribution is -2.19. The molecule has 0 aliphatic heterocycles. The molecule has 82 valence electrons. The van der Waals surface area contributed by atoms with E-state index in [-0.39, 0.29) is 5.97 Å². The second kappa shape index (κ2) is 5.61. The summed E-state index contributed by atoms with van der Waals surface area (Å²) in [5.41, 5.74) is 1.05. The van der Waals surface area contributed by atoms with Crippen molar-refractivity contribution in [2.45, 2.75) is 6.92 Å². The van der Waals surface area contributed by atoms with Gasteiger partial charge in [0, 0.05) is 32.1 Å². The normalized spacial score (nSPS) is 9.80. The Hall–Kier alpha value is -1.22. The predicted molar refractivity (Wildman–Crippen MR) is 61.7 cm³/mol. The zero-order valence-electron chi connectivity index (χ0n) is 8.87. The average Bonchev–Trinajstić information content (AvgIpc) is 2.18. The summed E-state index contributed by atoms with van der Waals surface area (Å²) in [5.74, 6) is 0.838. The van der Waals surface area contributed by atoms with E-state index in [2.05, 4.69) is 0 Å². The number of halogens is 1. The third-order valence-corrected chi connectivity index (χ3v) is 2.13. The van der Waals surface area contributed by atoms with Crippen LogP contribution in [0.3, 0.4) is 0 Å². The number of hydrogen-bond donors (Lipinski definition) is 0. The van der Waals surface area contributed by atoms with Crippen LogP contribution in [0.25, 0.3) is 0 Å². The first kappa shape index (κ1) is 11.9. The summed E-state index contributed by atoms with van der Waals surface area (Å²) in [7, 11) is 1.96. The molecule has 0 radical (unpaired) electrons. The SMILES string of the molecule is CC(=O)Oc1ccc(N(C)CCCl)cc1. The lowest BCUT2D eigenvalue weighted by molar-refractivity contribution is -0.131. The number of carbonyl (C=O) groups excluding carboxylic acids is 1. The fourth-order valence-corrected chi connectivity index (χ4v) is 1.44. The number of nitrogens with zero attached hydrogens (tertiary/aromatic N) is 1. The van der Waals surface area contributed by atoms with Crippen LogP contribution >= 0.6 is 11.6 Å². The van der Waals surface area contributed by atoms with Gasteiger partial charge in [-0.15, -0.1) is 11.6 Å². The van der Waals surface area contributed by atoms with Crippen LogP contribution in [0.15, 0.2) is 24.3 Å². The zero-order chi connectivity index (χ0) is 11.3. The first-order valence-corrected chi connectivity index (χ1v) is 5.22. The number of alkyl halides is 1.